The van der Waals surface area contributed by atoms with E-state index in [1.807, 2.05) is 57.0 Å². The van der Waals surface area contributed by atoms with Crippen molar-refractivity contribution in [3.05, 3.63) is 81.0 Å². The van der Waals surface area contributed by atoms with E-state index in [0.717, 1.165) is 34.4 Å². The summed E-state index contributed by atoms with van der Waals surface area (Å²) >= 11 is 0. The predicted molar refractivity (Wildman–Crippen MR) is 120 cm³/mol. The molecule has 166 valence electrons. The van der Waals surface area contributed by atoms with Crippen LogP contribution in [0.1, 0.15) is 67.0 Å². The highest BCUT2D eigenvalue weighted by molar-refractivity contribution is 5.94. The Labute approximate surface area is 187 Å². The summed E-state index contributed by atoms with van der Waals surface area (Å²) in [7, 11) is 0. The lowest BCUT2D eigenvalue weighted by atomic mass is 9.94. The van der Waals surface area contributed by atoms with E-state index in [1.54, 1.807) is 6.07 Å². The van der Waals surface area contributed by atoms with Crippen LogP contribution in [0.25, 0.3) is 0 Å². The van der Waals surface area contributed by atoms with Crippen molar-refractivity contribution in [2.45, 2.75) is 53.6 Å². The number of nitrogens with zero attached hydrogens (tertiary/aromatic N) is 3. The summed E-state index contributed by atoms with van der Waals surface area (Å²) in [6.07, 6.45) is 3.26. The van der Waals surface area contributed by atoms with Crippen LogP contribution in [0.2, 0.25) is 0 Å². The van der Waals surface area contributed by atoms with Crippen LogP contribution in [0.15, 0.2) is 35.0 Å². The van der Waals surface area contributed by atoms with Crippen LogP contribution in [-0.2, 0) is 25.9 Å². The number of fused-ring (bicyclic) bond motifs is 1. The normalized spacial score (nSPS) is 13.1. The van der Waals surface area contributed by atoms with E-state index < -0.39 is 0 Å². The average molecular weight is 433 g/mol. The van der Waals surface area contributed by atoms with Gasteiger partial charge in [-0.1, -0.05) is 18.1 Å². The molecule has 0 spiro atoms. The van der Waals surface area contributed by atoms with Crippen LogP contribution in [0, 0.1) is 20.8 Å². The largest absolute Gasteiger partial charge is 0.361 e. The average Bonchev–Trinajstić information content (AvgIpc) is 3.29. The molecule has 7 heteroatoms. The fourth-order valence-electron chi connectivity index (χ4n) is 4.03. The smallest absolute Gasteiger partial charge is 0.273 e. The van der Waals surface area contributed by atoms with E-state index in [-0.39, 0.29) is 17.5 Å². The fraction of sp³-hybridized carbons (Fsp3) is 0.360. The zero-order valence-electron chi connectivity index (χ0n) is 19.0. The van der Waals surface area contributed by atoms with Crippen LogP contribution in [0.4, 0.5) is 0 Å². The van der Waals surface area contributed by atoms with E-state index in [4.69, 9.17) is 4.52 Å². The molecular weight excluding hydrogens is 404 g/mol. The van der Waals surface area contributed by atoms with Gasteiger partial charge in [0.15, 0.2) is 5.69 Å². The molecular formula is C25H28N4O3. The van der Waals surface area contributed by atoms with Gasteiger partial charge >= 0.3 is 0 Å². The monoisotopic (exact) mass is 432 g/mol. The summed E-state index contributed by atoms with van der Waals surface area (Å²) in [6, 6.07) is 7.50. The zero-order chi connectivity index (χ0) is 22.8. The molecule has 0 atom stereocenters. The number of amides is 2. The molecule has 1 aromatic carbocycles. The molecule has 3 aromatic rings. The Balaban J connectivity index is 1.49. The van der Waals surface area contributed by atoms with Gasteiger partial charge in [-0.25, -0.2) is 0 Å². The van der Waals surface area contributed by atoms with Crippen molar-refractivity contribution in [1.82, 2.24) is 20.4 Å². The van der Waals surface area contributed by atoms with Crippen LogP contribution in [-0.4, -0.2) is 33.4 Å². The van der Waals surface area contributed by atoms with Crippen molar-refractivity contribution >= 4 is 11.8 Å². The summed E-state index contributed by atoms with van der Waals surface area (Å²) in [4.78, 5) is 31.9. The second kappa shape index (κ2) is 8.94. The Morgan fingerprint density at radius 3 is 2.69 bits per heavy atom. The molecule has 4 rings (SSSR count). The molecule has 1 aliphatic heterocycles. The van der Waals surface area contributed by atoms with Crippen LogP contribution in [0.5, 0.6) is 0 Å². The molecule has 7 nitrogen and oxygen atoms in total. The Bertz CT molecular complexity index is 1180. The predicted octanol–water partition coefficient (Wildman–Crippen LogP) is 3.69. The Morgan fingerprint density at radius 1 is 1.16 bits per heavy atom. The molecule has 1 N–H and O–H groups in total. The van der Waals surface area contributed by atoms with E-state index in [0.29, 0.717) is 37.4 Å². The van der Waals surface area contributed by atoms with Crippen molar-refractivity contribution in [3.63, 3.8) is 0 Å². The van der Waals surface area contributed by atoms with E-state index in [2.05, 4.69) is 15.5 Å². The summed E-state index contributed by atoms with van der Waals surface area (Å²) in [6.45, 7) is 9.46. The van der Waals surface area contributed by atoms with Gasteiger partial charge < -0.3 is 14.7 Å². The molecule has 1 aliphatic rings. The van der Waals surface area contributed by atoms with Gasteiger partial charge in [0.25, 0.3) is 11.8 Å². The summed E-state index contributed by atoms with van der Waals surface area (Å²) in [5.74, 6) is 0.443. The summed E-state index contributed by atoms with van der Waals surface area (Å²) in [5, 5.41) is 6.76. The highest BCUT2D eigenvalue weighted by Crippen LogP contribution is 2.25. The van der Waals surface area contributed by atoms with Gasteiger partial charge in [0.05, 0.1) is 0 Å². The minimum absolute atomic E-state index is 0.0342. The molecule has 0 aliphatic carbocycles. The lowest BCUT2D eigenvalue weighted by Crippen LogP contribution is -2.37. The van der Waals surface area contributed by atoms with Gasteiger partial charge in [-0.3, -0.25) is 14.6 Å². The van der Waals surface area contributed by atoms with Crippen molar-refractivity contribution < 1.29 is 14.1 Å². The third-order valence-corrected chi connectivity index (χ3v) is 6.20. The number of pyridine rings is 1. The second-order valence-electron chi connectivity index (χ2n) is 8.32. The first kappa shape index (κ1) is 21.7. The van der Waals surface area contributed by atoms with Crippen molar-refractivity contribution in [2.75, 3.05) is 6.54 Å². The second-order valence-corrected chi connectivity index (χ2v) is 8.32. The van der Waals surface area contributed by atoms with Crippen molar-refractivity contribution in [1.29, 1.82) is 0 Å². The number of benzene rings is 1. The van der Waals surface area contributed by atoms with Gasteiger partial charge in [-0.05, 0) is 67.1 Å². The number of carbonyl (C=O) groups is 2. The summed E-state index contributed by atoms with van der Waals surface area (Å²) in [5.41, 5.74) is 7.36. The molecule has 32 heavy (non-hydrogen) atoms. The summed E-state index contributed by atoms with van der Waals surface area (Å²) < 4.78 is 5.13. The van der Waals surface area contributed by atoms with Crippen LogP contribution < -0.4 is 5.32 Å². The van der Waals surface area contributed by atoms with Gasteiger partial charge in [0.1, 0.15) is 5.76 Å². The molecule has 0 bridgehead atoms. The minimum atomic E-state index is -0.271. The first-order chi connectivity index (χ1) is 15.4. The highest BCUT2D eigenvalue weighted by Gasteiger charge is 2.25. The zero-order valence-corrected chi connectivity index (χ0v) is 19.0. The Kier molecular flexibility index (Phi) is 6.08. The Morgan fingerprint density at radius 2 is 1.97 bits per heavy atom. The highest BCUT2D eigenvalue weighted by atomic mass is 16.5. The number of hydrogen-bond acceptors (Lipinski definition) is 5. The van der Waals surface area contributed by atoms with E-state index in [1.165, 1.54) is 5.56 Å². The molecule has 0 radical (unpaired) electrons. The molecule has 0 saturated carbocycles. The number of aromatic nitrogens is 2. The number of hydrogen-bond donors (Lipinski definition) is 1. The topological polar surface area (TPSA) is 88.3 Å². The van der Waals surface area contributed by atoms with Gasteiger partial charge in [-0.2, -0.15) is 0 Å². The van der Waals surface area contributed by atoms with E-state index >= 15 is 0 Å². The number of aryl methyl sites for hydroxylation is 4. The maximum Gasteiger partial charge on any atom is 0.273 e. The third kappa shape index (κ3) is 4.28. The standard InChI is InChI=1S/C25H28N4O3/c1-5-20-11-23(28-32-20)24(30)27-13-22-17(4)26-12-19-14-29(9-8-21(19)22)25(31)18-7-6-15(2)16(3)10-18/h6-7,10-12H,5,8-9,13-14H2,1-4H3,(H,27,30). The maximum absolute atomic E-state index is 13.1. The third-order valence-electron chi connectivity index (χ3n) is 6.20. The van der Waals surface area contributed by atoms with Crippen molar-refractivity contribution in [3.8, 4) is 0 Å². The number of nitrogens with one attached hydrogen (secondary N) is 1. The molecule has 0 saturated heterocycles. The van der Waals surface area contributed by atoms with E-state index in [9.17, 15) is 9.59 Å². The first-order valence-corrected chi connectivity index (χ1v) is 10.9. The lowest BCUT2D eigenvalue weighted by Gasteiger charge is -2.30. The molecule has 3 heterocycles. The van der Waals surface area contributed by atoms with Gasteiger partial charge in [0.2, 0.25) is 0 Å². The van der Waals surface area contributed by atoms with Crippen molar-refractivity contribution in [2.24, 2.45) is 0 Å². The quantitative estimate of drug-likeness (QED) is 0.664. The Hall–Kier alpha value is -3.48. The fourth-order valence-corrected chi connectivity index (χ4v) is 4.03. The van der Waals surface area contributed by atoms with Gasteiger partial charge in [0, 0.05) is 49.6 Å². The first-order valence-electron chi connectivity index (χ1n) is 10.9. The SMILES string of the molecule is CCc1cc(C(=O)NCc2c(C)ncc3c2CCN(C(=O)c2ccc(C)c(C)c2)C3)no1. The molecule has 2 aromatic heterocycles. The molecule has 0 unspecified atom stereocenters. The van der Waals surface area contributed by atoms with Gasteiger partial charge in [-0.15, -0.1) is 0 Å². The minimum Gasteiger partial charge on any atom is -0.361 e. The lowest BCUT2D eigenvalue weighted by molar-refractivity contribution is 0.0734. The molecule has 0 fully saturated rings. The number of rotatable bonds is 5. The maximum atomic E-state index is 13.1. The number of carbonyl (C=O) groups excluding carboxylic acids is 2. The molecule has 2 amide bonds. The van der Waals surface area contributed by atoms with Crippen LogP contribution in [0.3, 0.4) is 0 Å². The van der Waals surface area contributed by atoms with Crippen LogP contribution >= 0.6 is 0 Å².